The Kier molecular flexibility index (Phi) is 3.26. The zero-order valence-electron chi connectivity index (χ0n) is 6.52. The topological polar surface area (TPSA) is 17.1 Å². The van der Waals surface area contributed by atoms with Crippen LogP contribution in [0.15, 0.2) is 0 Å². The van der Waals surface area contributed by atoms with E-state index in [0.717, 1.165) is 0 Å². The third-order valence-electron chi connectivity index (χ3n) is 0.709. The zero-order chi connectivity index (χ0) is 7.49. The van der Waals surface area contributed by atoms with Gasteiger partial charge in [0.15, 0.2) is 5.12 Å². The minimum atomic E-state index is 0.0904. The highest BCUT2D eigenvalue weighted by molar-refractivity contribution is 8.14. The highest BCUT2D eigenvalue weighted by Crippen LogP contribution is 2.24. The van der Waals surface area contributed by atoms with E-state index in [1.807, 2.05) is 27.7 Å². The molecule has 9 heavy (non-hydrogen) atoms. The quantitative estimate of drug-likeness (QED) is 0.565. The molecule has 0 aliphatic heterocycles. The van der Waals surface area contributed by atoms with Gasteiger partial charge in [-0.1, -0.05) is 39.5 Å². The summed E-state index contributed by atoms with van der Waals surface area (Å²) in [6.07, 6.45) is 0.641. The molecule has 2 heteroatoms. The Labute approximate surface area is 61.2 Å². The third kappa shape index (κ3) is 5.90. The van der Waals surface area contributed by atoms with Crippen LogP contribution in [-0.2, 0) is 4.79 Å². The van der Waals surface area contributed by atoms with Crippen LogP contribution in [0.5, 0.6) is 0 Å². The van der Waals surface area contributed by atoms with Crippen molar-refractivity contribution in [2.24, 2.45) is 0 Å². The lowest BCUT2D eigenvalue weighted by Crippen LogP contribution is -2.10. The van der Waals surface area contributed by atoms with Crippen molar-refractivity contribution in [2.45, 2.75) is 38.9 Å². The predicted molar refractivity (Wildman–Crippen MR) is 42.6 cm³/mol. The molecule has 0 aromatic heterocycles. The number of carbonyl (C=O) groups is 1. The van der Waals surface area contributed by atoms with Crippen LogP contribution in [0.25, 0.3) is 0 Å². The Balaban J connectivity index is 3.60. The first-order valence-electron chi connectivity index (χ1n) is 3.17. The fraction of sp³-hybridized carbons (Fsp3) is 0.857. The third-order valence-corrected chi connectivity index (χ3v) is 1.84. The van der Waals surface area contributed by atoms with Crippen molar-refractivity contribution in [3.63, 3.8) is 0 Å². The van der Waals surface area contributed by atoms with Crippen LogP contribution in [0.3, 0.4) is 0 Å². The molecular weight excluding hydrogens is 132 g/mol. The Hall–Kier alpha value is 0.0200. The van der Waals surface area contributed by atoms with Crippen LogP contribution in [0.4, 0.5) is 0 Å². The molecule has 0 N–H and O–H groups in total. The average molecular weight is 146 g/mol. The van der Waals surface area contributed by atoms with Crippen LogP contribution in [-0.4, -0.2) is 9.86 Å². The predicted octanol–water partition coefficient (Wildman–Crippen LogP) is 2.45. The lowest BCUT2D eigenvalue weighted by molar-refractivity contribution is -0.110. The molecule has 0 saturated carbocycles. The lowest BCUT2D eigenvalue weighted by atomic mass is 10.3. The van der Waals surface area contributed by atoms with Crippen molar-refractivity contribution in [3.8, 4) is 0 Å². The summed E-state index contributed by atoms with van der Waals surface area (Å²) >= 11 is 1.42. The van der Waals surface area contributed by atoms with E-state index in [1.165, 1.54) is 11.8 Å². The van der Waals surface area contributed by atoms with Crippen molar-refractivity contribution in [3.05, 3.63) is 0 Å². The highest BCUT2D eigenvalue weighted by atomic mass is 32.2. The summed E-state index contributed by atoms with van der Waals surface area (Å²) < 4.78 is 0.0904. The van der Waals surface area contributed by atoms with Crippen molar-refractivity contribution in [1.82, 2.24) is 0 Å². The number of carbonyl (C=O) groups excluding carboxylic acids is 1. The van der Waals surface area contributed by atoms with Gasteiger partial charge in [0.25, 0.3) is 0 Å². The number of hydrogen-bond acceptors (Lipinski definition) is 2. The van der Waals surface area contributed by atoms with E-state index in [1.54, 1.807) is 0 Å². The van der Waals surface area contributed by atoms with Crippen molar-refractivity contribution in [2.75, 3.05) is 0 Å². The second-order valence-corrected chi connectivity index (χ2v) is 4.82. The van der Waals surface area contributed by atoms with Gasteiger partial charge in [0.05, 0.1) is 0 Å². The van der Waals surface area contributed by atoms with Gasteiger partial charge < -0.3 is 0 Å². The standard InChI is InChI=1S/C7H14OS/c1-5-6(8)9-7(2,3)4/h5H2,1-4H3. The monoisotopic (exact) mass is 146 g/mol. The molecule has 0 aromatic rings. The molecule has 0 fully saturated rings. The molecule has 0 aliphatic carbocycles. The molecule has 0 unspecified atom stereocenters. The van der Waals surface area contributed by atoms with Crippen molar-refractivity contribution >= 4 is 16.9 Å². The molecule has 0 spiro atoms. The Morgan fingerprint density at radius 2 is 1.89 bits per heavy atom. The first kappa shape index (κ1) is 9.02. The molecule has 0 saturated heterocycles. The van der Waals surface area contributed by atoms with Crippen LogP contribution in [0.2, 0.25) is 0 Å². The van der Waals surface area contributed by atoms with E-state index < -0.39 is 0 Å². The van der Waals surface area contributed by atoms with E-state index >= 15 is 0 Å². The summed E-state index contributed by atoms with van der Waals surface area (Å²) in [6.45, 7) is 8.03. The van der Waals surface area contributed by atoms with Gasteiger partial charge in [-0.3, -0.25) is 4.79 Å². The van der Waals surface area contributed by atoms with Gasteiger partial charge >= 0.3 is 0 Å². The largest absolute Gasteiger partial charge is 0.287 e. The highest BCUT2D eigenvalue weighted by Gasteiger charge is 2.14. The van der Waals surface area contributed by atoms with E-state index in [2.05, 4.69) is 0 Å². The van der Waals surface area contributed by atoms with Gasteiger partial charge in [-0.25, -0.2) is 0 Å². The molecular formula is C7H14OS. The molecule has 54 valence electrons. The summed E-state index contributed by atoms with van der Waals surface area (Å²) in [5.41, 5.74) is 0. The summed E-state index contributed by atoms with van der Waals surface area (Å²) in [4.78, 5) is 10.8. The first-order valence-corrected chi connectivity index (χ1v) is 3.99. The number of rotatable bonds is 1. The summed E-state index contributed by atoms with van der Waals surface area (Å²) in [7, 11) is 0. The molecule has 1 nitrogen and oxygen atoms in total. The van der Waals surface area contributed by atoms with Crippen LogP contribution in [0.1, 0.15) is 34.1 Å². The maximum absolute atomic E-state index is 10.8. The second kappa shape index (κ2) is 3.25. The zero-order valence-corrected chi connectivity index (χ0v) is 7.34. The maximum atomic E-state index is 10.8. The van der Waals surface area contributed by atoms with Crippen molar-refractivity contribution in [1.29, 1.82) is 0 Å². The average Bonchev–Trinajstić information content (AvgIpc) is 1.62. The molecule has 0 aliphatic rings. The van der Waals surface area contributed by atoms with E-state index in [0.29, 0.717) is 6.42 Å². The number of thioether (sulfide) groups is 1. The Morgan fingerprint density at radius 1 is 1.44 bits per heavy atom. The molecule has 0 heterocycles. The maximum Gasteiger partial charge on any atom is 0.189 e. The molecule has 0 aromatic carbocycles. The van der Waals surface area contributed by atoms with Gasteiger partial charge in [-0.15, -0.1) is 0 Å². The Bertz CT molecular complexity index is 102. The minimum Gasteiger partial charge on any atom is -0.287 e. The van der Waals surface area contributed by atoms with Crippen molar-refractivity contribution < 1.29 is 4.79 Å². The van der Waals surface area contributed by atoms with Gasteiger partial charge in [-0.05, 0) is 0 Å². The van der Waals surface area contributed by atoms with Crippen LogP contribution >= 0.6 is 11.8 Å². The van der Waals surface area contributed by atoms with E-state index in [9.17, 15) is 4.79 Å². The number of hydrogen-bond donors (Lipinski definition) is 0. The molecule has 0 amide bonds. The molecule has 0 rings (SSSR count). The fourth-order valence-electron chi connectivity index (χ4n) is 0.414. The summed E-state index contributed by atoms with van der Waals surface area (Å²) in [5.74, 6) is 0. The smallest absolute Gasteiger partial charge is 0.189 e. The fourth-order valence-corrected chi connectivity index (χ4v) is 1.24. The summed E-state index contributed by atoms with van der Waals surface area (Å²) in [6, 6.07) is 0. The Morgan fingerprint density at radius 3 is 2.00 bits per heavy atom. The van der Waals surface area contributed by atoms with Crippen LogP contribution in [0, 0.1) is 0 Å². The van der Waals surface area contributed by atoms with Crippen LogP contribution < -0.4 is 0 Å². The van der Waals surface area contributed by atoms with E-state index in [-0.39, 0.29) is 9.86 Å². The first-order chi connectivity index (χ1) is 3.95. The minimum absolute atomic E-state index is 0.0904. The van der Waals surface area contributed by atoms with Gasteiger partial charge in [-0.2, -0.15) is 0 Å². The molecule has 0 atom stereocenters. The van der Waals surface area contributed by atoms with Gasteiger partial charge in [0.1, 0.15) is 0 Å². The second-order valence-electron chi connectivity index (χ2n) is 2.94. The summed E-state index contributed by atoms with van der Waals surface area (Å²) in [5, 5.41) is 0.280. The normalized spacial score (nSPS) is 11.6. The van der Waals surface area contributed by atoms with Gasteiger partial charge in [0, 0.05) is 11.2 Å². The van der Waals surface area contributed by atoms with E-state index in [4.69, 9.17) is 0 Å². The lowest BCUT2D eigenvalue weighted by Gasteiger charge is -2.14. The SMILES string of the molecule is CCC(=O)SC(C)(C)C. The van der Waals surface area contributed by atoms with Gasteiger partial charge in [0.2, 0.25) is 0 Å². The molecule has 0 radical (unpaired) electrons. The molecule has 0 bridgehead atoms.